The number of carbonyl (C=O) groups excluding carboxylic acids is 1. The van der Waals surface area contributed by atoms with Gasteiger partial charge in [-0.3, -0.25) is 4.79 Å². The van der Waals surface area contributed by atoms with Crippen LogP contribution in [0, 0.1) is 17.7 Å². The van der Waals surface area contributed by atoms with Crippen LogP contribution < -0.4 is 11.1 Å². The van der Waals surface area contributed by atoms with Crippen molar-refractivity contribution in [2.45, 2.75) is 6.54 Å². The van der Waals surface area contributed by atoms with Crippen LogP contribution in [0.25, 0.3) is 0 Å². The lowest BCUT2D eigenvalue weighted by Gasteiger charge is -2.04. The van der Waals surface area contributed by atoms with Gasteiger partial charge in [0.25, 0.3) is 5.91 Å². The highest BCUT2D eigenvalue weighted by Crippen LogP contribution is 2.14. The number of thiophene rings is 1. The van der Waals surface area contributed by atoms with E-state index in [1.807, 2.05) is 0 Å². The van der Waals surface area contributed by atoms with E-state index >= 15 is 0 Å². The zero-order valence-corrected chi connectivity index (χ0v) is 11.5. The minimum absolute atomic E-state index is 0.158. The zero-order valence-electron chi connectivity index (χ0n) is 10.7. The fraction of sp³-hybridized carbons (Fsp3) is 0.133. The average Bonchev–Trinajstić information content (AvgIpc) is 2.93. The topological polar surface area (TPSA) is 55.1 Å². The average molecular weight is 288 g/mol. The SMILES string of the molecule is NCC#Cc1cc(C(=O)NCc2ccccc2F)cs1. The van der Waals surface area contributed by atoms with Gasteiger partial charge < -0.3 is 11.1 Å². The van der Waals surface area contributed by atoms with Crippen LogP contribution in [0.4, 0.5) is 4.39 Å². The number of benzene rings is 1. The summed E-state index contributed by atoms with van der Waals surface area (Å²) in [6.07, 6.45) is 0. The van der Waals surface area contributed by atoms with E-state index in [0.717, 1.165) is 4.88 Å². The zero-order chi connectivity index (χ0) is 14.4. The van der Waals surface area contributed by atoms with E-state index in [1.54, 1.807) is 29.6 Å². The molecule has 0 unspecified atom stereocenters. The summed E-state index contributed by atoms with van der Waals surface area (Å²) in [4.78, 5) is 12.7. The molecule has 0 aliphatic carbocycles. The predicted octanol–water partition coefficient (Wildman–Crippen LogP) is 2.13. The molecular weight excluding hydrogens is 275 g/mol. The van der Waals surface area contributed by atoms with E-state index in [9.17, 15) is 9.18 Å². The van der Waals surface area contributed by atoms with E-state index < -0.39 is 0 Å². The van der Waals surface area contributed by atoms with Crippen LogP contribution in [0.1, 0.15) is 20.8 Å². The smallest absolute Gasteiger partial charge is 0.252 e. The van der Waals surface area contributed by atoms with E-state index in [-0.39, 0.29) is 24.8 Å². The minimum atomic E-state index is -0.326. The fourth-order valence-corrected chi connectivity index (χ4v) is 2.33. The molecule has 0 fully saturated rings. The molecule has 0 saturated heterocycles. The number of nitrogens with one attached hydrogen (secondary N) is 1. The Kier molecular flexibility index (Phi) is 4.88. The molecule has 20 heavy (non-hydrogen) atoms. The number of halogens is 1. The van der Waals surface area contributed by atoms with Gasteiger partial charge in [0.2, 0.25) is 0 Å². The summed E-state index contributed by atoms with van der Waals surface area (Å²) in [5.74, 6) is 5.02. The first-order valence-corrected chi connectivity index (χ1v) is 6.87. The van der Waals surface area contributed by atoms with E-state index in [2.05, 4.69) is 17.2 Å². The van der Waals surface area contributed by atoms with Gasteiger partial charge in [0.15, 0.2) is 0 Å². The molecule has 0 radical (unpaired) electrons. The van der Waals surface area contributed by atoms with Crippen LogP contribution in [-0.2, 0) is 6.54 Å². The second-order valence-corrected chi connectivity index (χ2v) is 4.89. The van der Waals surface area contributed by atoms with Crippen molar-refractivity contribution in [3.8, 4) is 11.8 Å². The van der Waals surface area contributed by atoms with E-state index in [0.29, 0.717) is 11.1 Å². The molecule has 0 atom stereocenters. The molecule has 1 aromatic carbocycles. The number of amides is 1. The first-order chi connectivity index (χ1) is 9.70. The molecular formula is C15H13FN2OS. The van der Waals surface area contributed by atoms with E-state index in [4.69, 9.17) is 5.73 Å². The van der Waals surface area contributed by atoms with Crippen molar-refractivity contribution in [1.82, 2.24) is 5.32 Å². The Morgan fingerprint density at radius 1 is 1.40 bits per heavy atom. The molecule has 2 rings (SSSR count). The maximum atomic E-state index is 13.4. The highest BCUT2D eigenvalue weighted by Gasteiger charge is 2.08. The first-order valence-electron chi connectivity index (χ1n) is 6.00. The molecule has 0 saturated carbocycles. The summed E-state index contributed by atoms with van der Waals surface area (Å²) < 4.78 is 13.4. The molecule has 3 N–H and O–H groups in total. The number of carbonyl (C=O) groups is 1. The van der Waals surface area contributed by atoms with Crippen LogP contribution in [0.2, 0.25) is 0 Å². The van der Waals surface area contributed by atoms with Crippen molar-refractivity contribution >= 4 is 17.2 Å². The first kappa shape index (κ1) is 14.3. The second kappa shape index (κ2) is 6.85. The van der Waals surface area contributed by atoms with Gasteiger partial charge in [-0.25, -0.2) is 4.39 Å². The Morgan fingerprint density at radius 3 is 2.95 bits per heavy atom. The van der Waals surface area contributed by atoms with Gasteiger partial charge in [0.1, 0.15) is 5.82 Å². The Hall–Kier alpha value is -2.16. The highest BCUT2D eigenvalue weighted by molar-refractivity contribution is 7.10. The summed E-state index contributed by atoms with van der Waals surface area (Å²) in [7, 11) is 0. The molecule has 0 aliphatic rings. The third-order valence-electron chi connectivity index (χ3n) is 2.57. The maximum Gasteiger partial charge on any atom is 0.252 e. The Bertz CT molecular complexity index is 670. The highest BCUT2D eigenvalue weighted by atomic mass is 32.1. The summed E-state index contributed by atoms with van der Waals surface area (Å²) in [6.45, 7) is 0.442. The number of hydrogen-bond donors (Lipinski definition) is 2. The molecule has 3 nitrogen and oxygen atoms in total. The van der Waals surface area contributed by atoms with Gasteiger partial charge in [0, 0.05) is 17.5 Å². The largest absolute Gasteiger partial charge is 0.348 e. The third kappa shape index (κ3) is 3.67. The molecule has 1 heterocycles. The molecule has 5 heteroatoms. The van der Waals surface area contributed by atoms with Crippen LogP contribution in [0.5, 0.6) is 0 Å². The molecule has 0 bridgehead atoms. The summed E-state index contributed by atoms with van der Waals surface area (Å²) in [5.41, 5.74) is 6.26. The van der Waals surface area contributed by atoms with Crippen molar-refractivity contribution in [1.29, 1.82) is 0 Å². The van der Waals surface area contributed by atoms with Crippen LogP contribution in [0.3, 0.4) is 0 Å². The summed E-state index contributed by atoms with van der Waals surface area (Å²) in [5, 5.41) is 4.40. The van der Waals surface area contributed by atoms with Crippen LogP contribution in [0.15, 0.2) is 35.7 Å². The molecule has 102 valence electrons. The quantitative estimate of drug-likeness (QED) is 0.850. The van der Waals surface area contributed by atoms with Gasteiger partial charge >= 0.3 is 0 Å². The van der Waals surface area contributed by atoms with Crippen molar-refractivity contribution in [2.24, 2.45) is 5.73 Å². The van der Waals surface area contributed by atoms with Crippen molar-refractivity contribution in [2.75, 3.05) is 6.54 Å². The summed E-state index contributed by atoms with van der Waals surface area (Å²) in [6, 6.07) is 8.05. The van der Waals surface area contributed by atoms with Gasteiger partial charge in [-0.2, -0.15) is 0 Å². The molecule has 0 aliphatic heterocycles. The van der Waals surface area contributed by atoms with Crippen molar-refractivity contribution in [3.63, 3.8) is 0 Å². The lowest BCUT2D eigenvalue weighted by molar-refractivity contribution is 0.0951. The molecule has 2 aromatic rings. The molecule has 0 spiro atoms. The second-order valence-electron chi connectivity index (χ2n) is 3.98. The Balaban J connectivity index is 1.98. The Morgan fingerprint density at radius 2 is 2.20 bits per heavy atom. The maximum absolute atomic E-state index is 13.4. The van der Waals surface area contributed by atoms with Gasteiger partial charge in [-0.1, -0.05) is 30.0 Å². The van der Waals surface area contributed by atoms with Gasteiger partial charge in [0.05, 0.1) is 17.0 Å². The predicted molar refractivity (Wildman–Crippen MR) is 77.8 cm³/mol. The van der Waals surface area contributed by atoms with Crippen LogP contribution in [-0.4, -0.2) is 12.5 Å². The van der Waals surface area contributed by atoms with Gasteiger partial charge in [-0.05, 0) is 12.1 Å². The Labute approximate surface area is 120 Å². The van der Waals surface area contributed by atoms with Crippen molar-refractivity contribution in [3.05, 3.63) is 57.5 Å². The lowest BCUT2D eigenvalue weighted by Crippen LogP contribution is -2.22. The van der Waals surface area contributed by atoms with Crippen LogP contribution >= 0.6 is 11.3 Å². The third-order valence-corrected chi connectivity index (χ3v) is 3.42. The fourth-order valence-electron chi connectivity index (χ4n) is 1.58. The van der Waals surface area contributed by atoms with Gasteiger partial charge in [-0.15, -0.1) is 11.3 Å². The summed E-state index contributed by atoms with van der Waals surface area (Å²) >= 11 is 1.38. The monoisotopic (exact) mass is 288 g/mol. The number of rotatable bonds is 3. The minimum Gasteiger partial charge on any atom is -0.348 e. The van der Waals surface area contributed by atoms with E-state index in [1.165, 1.54) is 17.4 Å². The standard InChI is InChI=1S/C15H13FN2OS/c16-14-6-2-1-4-11(14)9-18-15(19)12-8-13(20-10-12)5-3-7-17/h1-2,4,6,8,10H,7,9,17H2,(H,18,19). The molecule has 1 amide bonds. The number of hydrogen-bond acceptors (Lipinski definition) is 3. The van der Waals surface area contributed by atoms with Crippen molar-refractivity contribution < 1.29 is 9.18 Å². The molecule has 1 aromatic heterocycles. The lowest BCUT2D eigenvalue weighted by atomic mass is 10.2. The normalized spacial score (nSPS) is 9.70. The number of nitrogens with two attached hydrogens (primary N) is 1.